The highest BCUT2D eigenvalue weighted by atomic mass is 19.1. The maximum atomic E-state index is 13.2. The number of rotatable bonds is 5. The van der Waals surface area contributed by atoms with E-state index in [4.69, 9.17) is 15.1 Å². The Morgan fingerprint density at radius 1 is 1.15 bits per heavy atom. The smallest absolute Gasteiger partial charge is 0.123 e. The van der Waals surface area contributed by atoms with E-state index in [1.807, 2.05) is 24.3 Å². The van der Waals surface area contributed by atoms with Crippen molar-refractivity contribution >= 4 is 0 Å². The van der Waals surface area contributed by atoms with Crippen molar-refractivity contribution in [3.8, 4) is 11.8 Å². The van der Waals surface area contributed by atoms with E-state index in [9.17, 15) is 4.39 Å². The van der Waals surface area contributed by atoms with Crippen LogP contribution < -0.4 is 4.74 Å². The van der Waals surface area contributed by atoms with Crippen molar-refractivity contribution in [2.24, 2.45) is 0 Å². The fourth-order valence-electron chi connectivity index (χ4n) is 1.92. The van der Waals surface area contributed by atoms with Crippen LogP contribution in [0, 0.1) is 17.1 Å². The summed E-state index contributed by atoms with van der Waals surface area (Å²) in [5, 5.41) is 18.0. The van der Waals surface area contributed by atoms with Crippen molar-refractivity contribution in [1.82, 2.24) is 0 Å². The van der Waals surface area contributed by atoms with Crippen LogP contribution in [-0.2, 0) is 13.0 Å². The molecular formula is C16H14FNO2. The fraction of sp³-hybridized carbons (Fsp3) is 0.188. The number of benzene rings is 2. The molecule has 0 heterocycles. The predicted molar refractivity (Wildman–Crippen MR) is 72.7 cm³/mol. The molecule has 0 atom stereocenters. The molecule has 0 aromatic heterocycles. The number of hydrogen-bond donors (Lipinski definition) is 1. The van der Waals surface area contributed by atoms with Gasteiger partial charge in [0.05, 0.1) is 11.6 Å². The van der Waals surface area contributed by atoms with E-state index < -0.39 is 5.82 Å². The molecule has 0 bridgehead atoms. The van der Waals surface area contributed by atoms with Gasteiger partial charge < -0.3 is 9.84 Å². The standard InChI is InChI=1S/C16H14FNO2/c17-15-6-5-13(10-18)14(9-15)11-20-16-4-2-1-3-12(16)7-8-19/h1-6,9,19H,7-8,11H2. The van der Waals surface area contributed by atoms with Crippen LogP contribution in [0.5, 0.6) is 5.75 Å². The highest BCUT2D eigenvalue weighted by Crippen LogP contribution is 2.21. The first kappa shape index (κ1) is 14.0. The summed E-state index contributed by atoms with van der Waals surface area (Å²) in [5.74, 6) is 0.237. The number of ether oxygens (including phenoxy) is 1. The second kappa shape index (κ2) is 6.69. The zero-order chi connectivity index (χ0) is 14.4. The molecule has 0 aliphatic rings. The largest absolute Gasteiger partial charge is 0.489 e. The second-order valence-electron chi connectivity index (χ2n) is 4.28. The molecule has 0 amide bonds. The van der Waals surface area contributed by atoms with Crippen LogP contribution in [0.15, 0.2) is 42.5 Å². The lowest BCUT2D eigenvalue weighted by atomic mass is 10.1. The molecular weight excluding hydrogens is 257 g/mol. The third kappa shape index (κ3) is 3.34. The third-order valence-corrected chi connectivity index (χ3v) is 2.92. The van der Waals surface area contributed by atoms with Gasteiger partial charge in [-0.1, -0.05) is 18.2 Å². The zero-order valence-corrected chi connectivity index (χ0v) is 10.8. The molecule has 0 aliphatic heterocycles. The van der Waals surface area contributed by atoms with E-state index >= 15 is 0 Å². The van der Waals surface area contributed by atoms with E-state index in [1.54, 1.807) is 6.07 Å². The Labute approximate surface area is 116 Å². The minimum atomic E-state index is -0.397. The first-order valence-electron chi connectivity index (χ1n) is 6.24. The summed E-state index contributed by atoms with van der Waals surface area (Å²) in [5.41, 5.74) is 1.78. The van der Waals surface area contributed by atoms with E-state index in [-0.39, 0.29) is 13.2 Å². The van der Waals surface area contributed by atoms with Crippen LogP contribution in [0.1, 0.15) is 16.7 Å². The maximum absolute atomic E-state index is 13.2. The molecule has 0 aliphatic carbocycles. The van der Waals surface area contributed by atoms with Crippen LogP contribution in [0.25, 0.3) is 0 Å². The number of halogens is 1. The normalized spacial score (nSPS) is 10.1. The van der Waals surface area contributed by atoms with Gasteiger partial charge in [0.2, 0.25) is 0 Å². The second-order valence-corrected chi connectivity index (χ2v) is 4.28. The number of aliphatic hydroxyl groups excluding tert-OH is 1. The van der Waals surface area contributed by atoms with E-state index in [0.717, 1.165) is 5.56 Å². The lowest BCUT2D eigenvalue weighted by Crippen LogP contribution is -2.02. The molecule has 0 spiro atoms. The number of nitriles is 1. The number of nitrogens with zero attached hydrogens (tertiary/aromatic N) is 1. The molecule has 2 aromatic carbocycles. The first-order valence-corrected chi connectivity index (χ1v) is 6.24. The van der Waals surface area contributed by atoms with E-state index in [2.05, 4.69) is 0 Å². The monoisotopic (exact) mass is 271 g/mol. The lowest BCUT2D eigenvalue weighted by Gasteiger charge is -2.11. The van der Waals surface area contributed by atoms with E-state index in [1.165, 1.54) is 18.2 Å². The Kier molecular flexibility index (Phi) is 4.70. The molecule has 102 valence electrons. The van der Waals surface area contributed by atoms with E-state index in [0.29, 0.717) is 23.3 Å². The molecule has 0 saturated heterocycles. The van der Waals surface area contributed by atoms with Crippen molar-refractivity contribution in [2.75, 3.05) is 6.61 Å². The average molecular weight is 271 g/mol. The maximum Gasteiger partial charge on any atom is 0.123 e. The van der Waals surface area contributed by atoms with Gasteiger partial charge in [0.15, 0.2) is 0 Å². The van der Waals surface area contributed by atoms with Gasteiger partial charge in [0.1, 0.15) is 18.2 Å². The van der Waals surface area contributed by atoms with Crippen LogP contribution in [-0.4, -0.2) is 11.7 Å². The van der Waals surface area contributed by atoms with Crippen LogP contribution >= 0.6 is 0 Å². The quantitative estimate of drug-likeness (QED) is 0.909. The summed E-state index contributed by atoms with van der Waals surface area (Å²) >= 11 is 0. The summed E-state index contributed by atoms with van der Waals surface area (Å²) in [4.78, 5) is 0. The van der Waals surface area contributed by atoms with Gasteiger partial charge in [-0.25, -0.2) is 4.39 Å². The van der Waals surface area contributed by atoms with Gasteiger partial charge >= 0.3 is 0 Å². The molecule has 4 heteroatoms. The third-order valence-electron chi connectivity index (χ3n) is 2.92. The molecule has 2 rings (SSSR count). The highest BCUT2D eigenvalue weighted by molar-refractivity contribution is 5.38. The lowest BCUT2D eigenvalue weighted by molar-refractivity contribution is 0.283. The Morgan fingerprint density at radius 3 is 2.70 bits per heavy atom. The SMILES string of the molecule is N#Cc1ccc(F)cc1COc1ccccc1CCO. The molecule has 20 heavy (non-hydrogen) atoms. The van der Waals surface area contributed by atoms with Crippen molar-refractivity contribution in [3.05, 3.63) is 65.0 Å². The van der Waals surface area contributed by atoms with Crippen LogP contribution in [0.3, 0.4) is 0 Å². The van der Waals surface area contributed by atoms with Crippen molar-refractivity contribution in [1.29, 1.82) is 5.26 Å². The fourth-order valence-corrected chi connectivity index (χ4v) is 1.92. The van der Waals surface area contributed by atoms with Crippen molar-refractivity contribution < 1.29 is 14.2 Å². The molecule has 1 N–H and O–H groups in total. The van der Waals surface area contributed by atoms with Crippen molar-refractivity contribution in [2.45, 2.75) is 13.0 Å². The van der Waals surface area contributed by atoms with Gasteiger partial charge in [-0.2, -0.15) is 5.26 Å². The van der Waals surface area contributed by atoms with Gasteiger partial charge in [0.25, 0.3) is 0 Å². The molecule has 3 nitrogen and oxygen atoms in total. The topological polar surface area (TPSA) is 53.2 Å². The number of hydrogen-bond acceptors (Lipinski definition) is 3. The first-order chi connectivity index (χ1) is 9.74. The Bertz CT molecular complexity index is 635. The molecule has 2 aromatic rings. The summed E-state index contributed by atoms with van der Waals surface area (Å²) in [7, 11) is 0. The van der Waals surface area contributed by atoms with Crippen LogP contribution in [0.2, 0.25) is 0 Å². The molecule has 0 radical (unpaired) electrons. The number of aliphatic hydroxyl groups is 1. The minimum Gasteiger partial charge on any atom is -0.489 e. The van der Waals surface area contributed by atoms with Gasteiger partial charge in [0, 0.05) is 12.2 Å². The zero-order valence-electron chi connectivity index (χ0n) is 10.8. The summed E-state index contributed by atoms with van der Waals surface area (Å²) in [6.07, 6.45) is 0.491. The van der Waals surface area contributed by atoms with Gasteiger partial charge in [-0.05, 0) is 36.2 Å². The molecule has 0 fully saturated rings. The van der Waals surface area contributed by atoms with Gasteiger partial charge in [-0.15, -0.1) is 0 Å². The minimum absolute atomic E-state index is 0.0315. The summed E-state index contributed by atoms with van der Waals surface area (Å²) in [6.45, 7) is 0.146. The highest BCUT2D eigenvalue weighted by Gasteiger charge is 2.07. The van der Waals surface area contributed by atoms with Crippen molar-refractivity contribution in [3.63, 3.8) is 0 Å². The Hall–Kier alpha value is -2.38. The number of para-hydroxylation sites is 1. The predicted octanol–water partition coefficient (Wildman–Crippen LogP) is 2.81. The molecule has 0 saturated carbocycles. The summed E-state index contributed by atoms with van der Waals surface area (Å²) < 4.78 is 18.9. The Balaban J connectivity index is 2.17. The molecule has 0 unspecified atom stereocenters. The Morgan fingerprint density at radius 2 is 1.95 bits per heavy atom. The van der Waals surface area contributed by atoms with Crippen LogP contribution in [0.4, 0.5) is 4.39 Å². The van der Waals surface area contributed by atoms with Gasteiger partial charge in [-0.3, -0.25) is 0 Å². The summed E-state index contributed by atoms with van der Waals surface area (Å²) in [6, 6.07) is 13.3. The average Bonchev–Trinajstić information content (AvgIpc) is 2.47.